The molecule has 0 aromatic rings. The third-order valence-corrected chi connectivity index (χ3v) is 3.29. The van der Waals surface area contributed by atoms with Gasteiger partial charge in [0.2, 0.25) is 0 Å². The van der Waals surface area contributed by atoms with Gasteiger partial charge >= 0.3 is 6.03 Å². The highest BCUT2D eigenvalue weighted by atomic mass is 16.3. The lowest BCUT2D eigenvalue weighted by Crippen LogP contribution is -2.48. The highest BCUT2D eigenvalue weighted by Gasteiger charge is 2.27. The second-order valence-corrected chi connectivity index (χ2v) is 5.46. The van der Waals surface area contributed by atoms with Crippen LogP contribution in [0.1, 0.15) is 47.5 Å². The Morgan fingerprint density at radius 1 is 1.29 bits per heavy atom. The Morgan fingerprint density at radius 2 is 1.88 bits per heavy atom. The number of urea groups is 1. The number of hydrogen-bond acceptors (Lipinski definition) is 2. The molecule has 2 atom stereocenters. The normalized spacial score (nSPS) is 16.4. The Hall–Kier alpha value is -0.770. The number of carbonyl (C=O) groups excluding carboxylic acids is 1. The van der Waals surface area contributed by atoms with E-state index in [9.17, 15) is 9.90 Å². The Labute approximate surface area is 105 Å². The molecule has 4 heteroatoms. The van der Waals surface area contributed by atoms with E-state index >= 15 is 0 Å². The van der Waals surface area contributed by atoms with E-state index in [0.717, 1.165) is 12.8 Å². The molecule has 0 fully saturated rings. The van der Waals surface area contributed by atoms with Crippen molar-refractivity contribution in [2.75, 3.05) is 13.1 Å². The van der Waals surface area contributed by atoms with Gasteiger partial charge in [-0.3, -0.25) is 0 Å². The summed E-state index contributed by atoms with van der Waals surface area (Å²) < 4.78 is 0. The predicted octanol–water partition coefficient (Wildman–Crippen LogP) is 2.13. The van der Waals surface area contributed by atoms with E-state index in [4.69, 9.17) is 0 Å². The van der Waals surface area contributed by atoms with Gasteiger partial charge < -0.3 is 15.7 Å². The SMILES string of the molecule is CCC(C)C(C)(O)CNC(=O)NCCC(C)C. The molecule has 0 radical (unpaired) electrons. The lowest BCUT2D eigenvalue weighted by atomic mass is 9.89. The van der Waals surface area contributed by atoms with Gasteiger partial charge in [-0.15, -0.1) is 0 Å². The third kappa shape index (κ3) is 7.21. The first-order valence-corrected chi connectivity index (χ1v) is 6.53. The predicted molar refractivity (Wildman–Crippen MR) is 70.9 cm³/mol. The Balaban J connectivity index is 3.83. The molecule has 3 N–H and O–H groups in total. The molecule has 0 spiro atoms. The van der Waals surface area contributed by atoms with Crippen LogP contribution in [0.25, 0.3) is 0 Å². The zero-order valence-corrected chi connectivity index (χ0v) is 11.8. The largest absolute Gasteiger partial charge is 0.388 e. The quantitative estimate of drug-likeness (QED) is 0.642. The van der Waals surface area contributed by atoms with E-state index in [-0.39, 0.29) is 18.5 Å². The van der Waals surface area contributed by atoms with Crippen LogP contribution in [-0.2, 0) is 0 Å². The molecule has 0 saturated heterocycles. The topological polar surface area (TPSA) is 61.4 Å². The van der Waals surface area contributed by atoms with Crippen molar-refractivity contribution >= 4 is 6.03 Å². The standard InChI is InChI=1S/C13H28N2O2/c1-6-11(4)13(5,17)9-15-12(16)14-8-7-10(2)3/h10-11,17H,6-9H2,1-5H3,(H2,14,15,16). The Kier molecular flexibility index (Phi) is 7.19. The maximum Gasteiger partial charge on any atom is 0.314 e. The summed E-state index contributed by atoms with van der Waals surface area (Å²) in [5.41, 5.74) is -0.843. The van der Waals surface area contributed by atoms with Crippen LogP contribution in [0.5, 0.6) is 0 Å². The van der Waals surface area contributed by atoms with Crippen molar-refractivity contribution < 1.29 is 9.90 Å². The molecule has 102 valence electrons. The molecule has 0 saturated carbocycles. The van der Waals surface area contributed by atoms with Gasteiger partial charge in [-0.2, -0.15) is 0 Å². The van der Waals surface area contributed by atoms with E-state index in [1.807, 2.05) is 13.8 Å². The molecular formula is C13H28N2O2. The zero-order valence-electron chi connectivity index (χ0n) is 11.8. The van der Waals surface area contributed by atoms with Crippen LogP contribution in [0.2, 0.25) is 0 Å². The van der Waals surface area contributed by atoms with Gasteiger partial charge in [0.05, 0.1) is 5.60 Å². The Bertz CT molecular complexity index is 227. The van der Waals surface area contributed by atoms with Crippen molar-refractivity contribution in [1.29, 1.82) is 0 Å². The van der Waals surface area contributed by atoms with Gasteiger partial charge in [0, 0.05) is 13.1 Å². The fraction of sp³-hybridized carbons (Fsp3) is 0.923. The fourth-order valence-corrected chi connectivity index (χ4v) is 1.41. The zero-order chi connectivity index (χ0) is 13.5. The van der Waals surface area contributed by atoms with Gasteiger partial charge in [0.15, 0.2) is 0 Å². The second-order valence-electron chi connectivity index (χ2n) is 5.46. The maximum atomic E-state index is 11.4. The van der Waals surface area contributed by atoms with Crippen molar-refractivity contribution in [1.82, 2.24) is 10.6 Å². The molecule has 0 heterocycles. The minimum atomic E-state index is -0.843. The van der Waals surface area contributed by atoms with Crippen LogP contribution in [0, 0.1) is 11.8 Å². The highest BCUT2D eigenvalue weighted by Crippen LogP contribution is 2.18. The molecular weight excluding hydrogens is 216 g/mol. The molecule has 0 bridgehead atoms. The lowest BCUT2D eigenvalue weighted by molar-refractivity contribution is 0.00791. The van der Waals surface area contributed by atoms with E-state index in [1.54, 1.807) is 6.92 Å². The van der Waals surface area contributed by atoms with Crippen molar-refractivity contribution in [3.05, 3.63) is 0 Å². The van der Waals surface area contributed by atoms with E-state index in [1.165, 1.54) is 0 Å². The van der Waals surface area contributed by atoms with Crippen LogP contribution < -0.4 is 10.6 Å². The molecule has 0 aliphatic heterocycles. The van der Waals surface area contributed by atoms with Gasteiger partial charge in [0.1, 0.15) is 0 Å². The van der Waals surface area contributed by atoms with Crippen molar-refractivity contribution in [2.24, 2.45) is 11.8 Å². The van der Waals surface area contributed by atoms with Crippen LogP contribution in [-0.4, -0.2) is 29.8 Å². The second kappa shape index (κ2) is 7.54. The molecule has 0 aromatic heterocycles. The molecule has 4 nitrogen and oxygen atoms in total. The minimum absolute atomic E-state index is 0.165. The summed E-state index contributed by atoms with van der Waals surface area (Å²) >= 11 is 0. The number of amides is 2. The first-order chi connectivity index (χ1) is 7.79. The van der Waals surface area contributed by atoms with Crippen LogP contribution >= 0.6 is 0 Å². The molecule has 0 aliphatic carbocycles. The molecule has 0 aromatic carbocycles. The first-order valence-electron chi connectivity index (χ1n) is 6.53. The molecule has 2 amide bonds. The average molecular weight is 244 g/mol. The molecule has 0 rings (SSSR count). The summed E-state index contributed by atoms with van der Waals surface area (Å²) in [5.74, 6) is 0.747. The summed E-state index contributed by atoms with van der Waals surface area (Å²) in [4.78, 5) is 11.4. The molecule has 0 aliphatic rings. The monoisotopic (exact) mass is 244 g/mol. The number of aliphatic hydroxyl groups is 1. The number of nitrogens with one attached hydrogen (secondary N) is 2. The van der Waals surface area contributed by atoms with Crippen LogP contribution in [0.4, 0.5) is 4.79 Å². The lowest BCUT2D eigenvalue weighted by Gasteiger charge is -2.29. The summed E-state index contributed by atoms with van der Waals surface area (Å²) in [6, 6.07) is -0.200. The summed E-state index contributed by atoms with van der Waals surface area (Å²) in [5, 5.41) is 15.6. The van der Waals surface area contributed by atoms with Gasteiger partial charge in [-0.1, -0.05) is 34.1 Å². The van der Waals surface area contributed by atoms with Crippen molar-refractivity contribution in [3.8, 4) is 0 Å². The average Bonchev–Trinajstić information content (AvgIpc) is 2.24. The maximum absolute atomic E-state index is 11.4. The van der Waals surface area contributed by atoms with Gasteiger partial charge in [0.25, 0.3) is 0 Å². The van der Waals surface area contributed by atoms with Crippen molar-refractivity contribution in [2.45, 2.75) is 53.1 Å². The number of carbonyl (C=O) groups is 1. The van der Waals surface area contributed by atoms with E-state index < -0.39 is 5.60 Å². The fourth-order valence-electron chi connectivity index (χ4n) is 1.41. The molecule has 17 heavy (non-hydrogen) atoms. The van der Waals surface area contributed by atoms with Crippen molar-refractivity contribution in [3.63, 3.8) is 0 Å². The third-order valence-electron chi connectivity index (χ3n) is 3.29. The van der Waals surface area contributed by atoms with E-state index in [2.05, 4.69) is 24.5 Å². The first kappa shape index (κ1) is 16.2. The smallest absolute Gasteiger partial charge is 0.314 e. The molecule has 2 unspecified atom stereocenters. The van der Waals surface area contributed by atoms with E-state index in [0.29, 0.717) is 12.5 Å². The number of rotatable bonds is 7. The summed E-state index contributed by atoms with van der Waals surface area (Å²) in [6.45, 7) is 11.0. The summed E-state index contributed by atoms with van der Waals surface area (Å²) in [6.07, 6.45) is 1.86. The van der Waals surface area contributed by atoms with Crippen LogP contribution in [0.3, 0.4) is 0 Å². The van der Waals surface area contributed by atoms with Gasteiger partial charge in [-0.05, 0) is 25.2 Å². The highest BCUT2D eigenvalue weighted by molar-refractivity contribution is 5.73. The van der Waals surface area contributed by atoms with Gasteiger partial charge in [-0.25, -0.2) is 4.79 Å². The Morgan fingerprint density at radius 3 is 2.35 bits per heavy atom. The van der Waals surface area contributed by atoms with Crippen LogP contribution in [0.15, 0.2) is 0 Å². The number of hydrogen-bond donors (Lipinski definition) is 3. The minimum Gasteiger partial charge on any atom is -0.388 e. The summed E-state index contributed by atoms with van der Waals surface area (Å²) in [7, 11) is 0.